The van der Waals surface area contributed by atoms with E-state index in [1.54, 1.807) is 5.19 Å². The fourth-order valence-corrected chi connectivity index (χ4v) is 2.24. The van der Waals surface area contributed by atoms with Crippen molar-refractivity contribution in [2.24, 2.45) is 0 Å². The smallest absolute Gasteiger partial charge is 0.0430 e. The van der Waals surface area contributed by atoms with Gasteiger partial charge < -0.3 is 15.3 Å². The van der Waals surface area contributed by atoms with Gasteiger partial charge in [-0.3, -0.25) is 0 Å². The number of unbranched alkanes of at least 4 members (excludes halogenated alkanes) is 3. The third-order valence-electron chi connectivity index (χ3n) is 2.89. The monoisotopic (exact) mass is 435 g/mol. The first-order chi connectivity index (χ1) is 11.0. The molecule has 0 radical (unpaired) electrons. The zero-order valence-electron chi connectivity index (χ0n) is 16.6. The molecule has 3 nitrogen and oxygen atoms in total. The molecule has 1 aromatic carbocycles. The molecule has 5 heteroatoms. The van der Waals surface area contributed by atoms with Crippen LogP contribution in [0.5, 0.6) is 0 Å². The van der Waals surface area contributed by atoms with E-state index in [-0.39, 0.29) is 26.2 Å². The zero-order chi connectivity index (χ0) is 18.3. The van der Waals surface area contributed by atoms with Crippen LogP contribution in [0.1, 0.15) is 59.3 Å². The summed E-state index contributed by atoms with van der Waals surface area (Å²) in [6.07, 6.45) is 6.11. The number of hydrogen-bond donors (Lipinski definition) is 3. The van der Waals surface area contributed by atoms with Gasteiger partial charge in [-0.05, 0) is 19.3 Å². The molecule has 0 heterocycles. The second-order valence-corrected chi connectivity index (χ2v) is 8.58. The molecule has 0 saturated carbocycles. The van der Waals surface area contributed by atoms with E-state index >= 15 is 0 Å². The summed E-state index contributed by atoms with van der Waals surface area (Å²) in [4.78, 5) is 0. The molecule has 3 N–H and O–H groups in total. The minimum Gasteiger partial charge on any atom is -0.396 e. The van der Waals surface area contributed by atoms with Gasteiger partial charge in [0.05, 0.1) is 0 Å². The molecule has 0 amide bonds. The summed E-state index contributed by atoms with van der Waals surface area (Å²) in [7, 11) is -0.480. The van der Waals surface area contributed by atoms with Gasteiger partial charge in [0.2, 0.25) is 0 Å². The maximum Gasteiger partial charge on any atom is 0.0430 e. The molecular formula is C19H41O3SiZr-. The Morgan fingerprint density at radius 3 is 1.08 bits per heavy atom. The van der Waals surface area contributed by atoms with E-state index in [1.165, 1.54) is 0 Å². The van der Waals surface area contributed by atoms with Crippen molar-refractivity contribution in [1.29, 1.82) is 0 Å². The summed E-state index contributed by atoms with van der Waals surface area (Å²) in [5, 5.41) is 25.8. The van der Waals surface area contributed by atoms with Gasteiger partial charge in [0.15, 0.2) is 0 Å². The van der Waals surface area contributed by atoms with Gasteiger partial charge in [0, 0.05) is 54.8 Å². The number of rotatable bonds is 7. The van der Waals surface area contributed by atoms with Gasteiger partial charge in [-0.15, -0.1) is 0 Å². The number of hydrogen-bond acceptors (Lipinski definition) is 3. The Morgan fingerprint density at radius 1 is 0.708 bits per heavy atom. The molecule has 144 valence electrons. The summed E-state index contributed by atoms with van der Waals surface area (Å²) >= 11 is 0. The van der Waals surface area contributed by atoms with E-state index in [4.69, 9.17) is 15.3 Å². The molecule has 0 bridgehead atoms. The Balaban J connectivity index is -0.000000113. The maximum atomic E-state index is 8.07. The first kappa shape index (κ1) is 32.0. The van der Waals surface area contributed by atoms with Crippen LogP contribution < -0.4 is 5.19 Å². The second-order valence-electron chi connectivity index (χ2n) is 5.60. The molecule has 0 fully saturated rings. The molecule has 0 spiro atoms. The zero-order valence-corrected chi connectivity index (χ0v) is 20.2. The van der Waals surface area contributed by atoms with Crippen LogP contribution in [0.15, 0.2) is 24.3 Å². The predicted molar refractivity (Wildman–Crippen MR) is 107 cm³/mol. The van der Waals surface area contributed by atoms with Crippen molar-refractivity contribution in [2.45, 2.75) is 72.4 Å². The topological polar surface area (TPSA) is 60.7 Å². The van der Waals surface area contributed by atoms with E-state index in [0.717, 1.165) is 38.5 Å². The van der Waals surface area contributed by atoms with Crippen LogP contribution in [0.2, 0.25) is 13.1 Å². The summed E-state index contributed by atoms with van der Waals surface area (Å²) in [5.74, 6) is 0. The maximum absolute atomic E-state index is 8.07. The average molecular weight is 437 g/mol. The van der Waals surface area contributed by atoms with E-state index < -0.39 is 8.80 Å². The van der Waals surface area contributed by atoms with Gasteiger partial charge in [-0.1, -0.05) is 53.1 Å². The summed E-state index contributed by atoms with van der Waals surface area (Å²) in [5.41, 5.74) is 0. The minimum absolute atomic E-state index is 0. The van der Waals surface area contributed by atoms with Crippen molar-refractivity contribution < 1.29 is 41.5 Å². The molecule has 1 rings (SSSR count). The van der Waals surface area contributed by atoms with Crippen LogP contribution in [-0.2, 0) is 26.2 Å². The Morgan fingerprint density at radius 2 is 1.00 bits per heavy atom. The van der Waals surface area contributed by atoms with Crippen LogP contribution in [0, 0.1) is 0 Å². The molecule has 0 unspecified atom stereocenters. The number of aliphatic hydroxyl groups excluding tert-OH is 3. The Labute approximate surface area is 171 Å². The summed E-state index contributed by atoms with van der Waals surface area (Å²) in [6, 6.07) is 8.67. The molecule has 0 aromatic heterocycles. The van der Waals surface area contributed by atoms with E-state index in [9.17, 15) is 0 Å². The number of aliphatic hydroxyl groups is 3. The van der Waals surface area contributed by atoms with Crippen molar-refractivity contribution in [3.63, 3.8) is 0 Å². The van der Waals surface area contributed by atoms with Crippen LogP contribution in [0.25, 0.3) is 0 Å². The fourth-order valence-electron chi connectivity index (χ4n) is 1.25. The van der Waals surface area contributed by atoms with Crippen molar-refractivity contribution in [2.75, 3.05) is 19.8 Å². The van der Waals surface area contributed by atoms with Crippen LogP contribution >= 0.6 is 0 Å². The van der Waals surface area contributed by atoms with E-state index in [0.29, 0.717) is 19.8 Å². The summed E-state index contributed by atoms with van der Waals surface area (Å²) < 4.78 is 0. The molecule has 0 aliphatic rings. The van der Waals surface area contributed by atoms with E-state index in [2.05, 4.69) is 58.1 Å². The standard InChI is InChI=1S/C7H11Si.3C4H10O.Zr/c1-8(2)7-5-3-4-6-7;3*1-2-3-4-5;/h3-6,8H,1-2H3;3*5H,2-4H2,1H3;/q-1;;;;. The molecule has 0 aliphatic carbocycles. The quantitative estimate of drug-likeness (QED) is 0.453. The normalized spacial score (nSPS) is 8.71. The fraction of sp³-hybridized carbons (Fsp3) is 0.737. The first-order valence-corrected chi connectivity index (χ1v) is 12.0. The first-order valence-electron chi connectivity index (χ1n) is 9.09. The molecule has 0 atom stereocenters. The Kier molecular flexibility index (Phi) is 41.6. The van der Waals surface area contributed by atoms with Crippen LogP contribution in [0.3, 0.4) is 0 Å². The van der Waals surface area contributed by atoms with Gasteiger partial charge >= 0.3 is 0 Å². The molecule has 0 saturated heterocycles. The summed E-state index contributed by atoms with van der Waals surface area (Å²) in [6.45, 7) is 11.9. The van der Waals surface area contributed by atoms with Crippen molar-refractivity contribution >= 4 is 14.0 Å². The third kappa shape index (κ3) is 33.8. The van der Waals surface area contributed by atoms with Crippen LogP contribution in [-0.4, -0.2) is 43.9 Å². The van der Waals surface area contributed by atoms with Crippen molar-refractivity contribution in [3.05, 3.63) is 24.3 Å². The minimum atomic E-state index is -0.480. The molecule has 24 heavy (non-hydrogen) atoms. The van der Waals surface area contributed by atoms with Gasteiger partial charge in [0.1, 0.15) is 0 Å². The van der Waals surface area contributed by atoms with Crippen molar-refractivity contribution in [1.82, 2.24) is 0 Å². The molecular weight excluding hydrogens is 396 g/mol. The van der Waals surface area contributed by atoms with Crippen molar-refractivity contribution in [3.8, 4) is 0 Å². The van der Waals surface area contributed by atoms with E-state index in [1.807, 2.05) is 0 Å². The molecule has 1 aromatic rings. The molecule has 0 aliphatic heterocycles. The average Bonchev–Trinajstić information content (AvgIpc) is 3.06. The Bertz CT molecular complexity index is 247. The second kappa shape index (κ2) is 31.1. The van der Waals surface area contributed by atoms with Gasteiger partial charge in [-0.2, -0.15) is 17.3 Å². The largest absolute Gasteiger partial charge is 0.396 e. The third-order valence-corrected chi connectivity index (χ3v) is 4.61. The van der Waals surface area contributed by atoms with Gasteiger partial charge in [0.25, 0.3) is 0 Å². The van der Waals surface area contributed by atoms with Crippen LogP contribution in [0.4, 0.5) is 0 Å². The predicted octanol–water partition coefficient (Wildman–Crippen LogP) is 3.43. The SMILES string of the molecule is CCCCO.CCCCO.CCCCO.C[SiH](C)[c-]1cccc1.[Zr]. The Hall–Kier alpha value is 0.330. The van der Waals surface area contributed by atoms with Gasteiger partial charge in [-0.25, -0.2) is 12.1 Å².